The molecule has 0 bridgehead atoms. The fraction of sp³-hybridized carbons (Fsp3) is 0.636. The van der Waals surface area contributed by atoms with Gasteiger partial charge in [-0.05, 0) is 23.8 Å². The molecule has 1 aliphatic heterocycles. The van der Waals surface area contributed by atoms with E-state index in [1.807, 2.05) is 11.8 Å². The molecule has 0 aromatic heterocycles. The van der Waals surface area contributed by atoms with Crippen molar-refractivity contribution < 1.29 is 14.7 Å². The van der Waals surface area contributed by atoms with Crippen LogP contribution in [0.3, 0.4) is 0 Å². The maximum absolute atomic E-state index is 11.7. The predicted molar refractivity (Wildman–Crippen MR) is 66.9 cm³/mol. The summed E-state index contributed by atoms with van der Waals surface area (Å²) in [6, 6.07) is -0.401. The van der Waals surface area contributed by atoms with Crippen LogP contribution >= 0.6 is 11.8 Å². The third-order valence-corrected chi connectivity index (χ3v) is 3.69. The number of amides is 2. The number of carbonyl (C=O) groups excluding carboxylic acids is 1. The minimum atomic E-state index is -1.06. The van der Waals surface area contributed by atoms with E-state index >= 15 is 0 Å². The van der Waals surface area contributed by atoms with E-state index in [0.29, 0.717) is 12.5 Å². The first-order valence-corrected chi connectivity index (χ1v) is 6.54. The van der Waals surface area contributed by atoms with Crippen LogP contribution in [0.1, 0.15) is 6.42 Å². The Morgan fingerprint density at radius 1 is 1.59 bits per heavy atom. The molecule has 0 radical (unpaired) electrons. The second-order valence-corrected chi connectivity index (χ2v) is 5.02. The number of thioether (sulfide) groups is 1. The van der Waals surface area contributed by atoms with E-state index in [1.54, 1.807) is 0 Å². The van der Waals surface area contributed by atoms with Crippen molar-refractivity contribution in [2.24, 2.45) is 5.92 Å². The van der Waals surface area contributed by atoms with Crippen molar-refractivity contribution in [2.75, 3.05) is 31.1 Å². The van der Waals surface area contributed by atoms with Crippen molar-refractivity contribution in [1.29, 1.82) is 0 Å². The van der Waals surface area contributed by atoms with Crippen LogP contribution in [0.25, 0.3) is 0 Å². The number of nitrogens with one attached hydrogen (secondary N) is 1. The van der Waals surface area contributed by atoms with Gasteiger partial charge < -0.3 is 15.3 Å². The maximum Gasteiger partial charge on any atom is 0.323 e. The van der Waals surface area contributed by atoms with E-state index in [-0.39, 0.29) is 13.1 Å². The Balaban J connectivity index is 2.35. The highest BCUT2D eigenvalue weighted by atomic mass is 32.2. The van der Waals surface area contributed by atoms with Gasteiger partial charge in [0.05, 0.1) is 6.54 Å². The Bertz CT molecular complexity index is 321. The molecule has 1 saturated heterocycles. The molecular formula is C11H16N2O3S. The van der Waals surface area contributed by atoms with E-state index in [1.165, 1.54) is 0 Å². The van der Waals surface area contributed by atoms with Crippen molar-refractivity contribution in [2.45, 2.75) is 6.42 Å². The summed E-state index contributed by atoms with van der Waals surface area (Å²) >= 11 is 1.87. The summed E-state index contributed by atoms with van der Waals surface area (Å²) in [6.07, 6.45) is 6.19. The Labute approximate surface area is 105 Å². The first-order chi connectivity index (χ1) is 8.13. The smallest absolute Gasteiger partial charge is 0.323 e. The molecular weight excluding hydrogens is 240 g/mol. The Hall–Kier alpha value is -1.35. The number of carboxylic acids is 1. The fourth-order valence-electron chi connectivity index (χ4n) is 1.56. The van der Waals surface area contributed by atoms with Crippen LogP contribution in [0.15, 0.2) is 0 Å². The number of rotatable bonds is 5. The normalized spacial score (nSPS) is 18.4. The lowest BCUT2D eigenvalue weighted by molar-refractivity contribution is -0.137. The highest BCUT2D eigenvalue weighted by Crippen LogP contribution is 2.22. The average Bonchev–Trinajstić information content (AvgIpc) is 2.77. The quantitative estimate of drug-likeness (QED) is 0.702. The lowest BCUT2D eigenvalue weighted by Gasteiger charge is -2.19. The van der Waals surface area contributed by atoms with Crippen molar-refractivity contribution >= 4 is 23.8 Å². The first-order valence-electron chi connectivity index (χ1n) is 5.39. The fourth-order valence-corrected chi connectivity index (χ4v) is 2.85. The van der Waals surface area contributed by atoms with Crippen LogP contribution in [-0.2, 0) is 4.79 Å². The second kappa shape index (κ2) is 7.07. The van der Waals surface area contributed by atoms with Crippen LogP contribution in [0, 0.1) is 18.3 Å². The molecule has 2 N–H and O–H groups in total. The van der Waals surface area contributed by atoms with Gasteiger partial charge in [0.2, 0.25) is 0 Å². The molecule has 0 saturated carbocycles. The van der Waals surface area contributed by atoms with Gasteiger partial charge in [-0.3, -0.25) is 4.79 Å². The lowest BCUT2D eigenvalue weighted by Crippen LogP contribution is -2.44. The van der Waals surface area contributed by atoms with Gasteiger partial charge in [-0.25, -0.2) is 4.79 Å². The van der Waals surface area contributed by atoms with Gasteiger partial charge in [0.1, 0.15) is 6.54 Å². The van der Waals surface area contributed by atoms with E-state index in [9.17, 15) is 9.59 Å². The van der Waals surface area contributed by atoms with Crippen LogP contribution in [-0.4, -0.2) is 53.1 Å². The molecule has 0 aromatic rings. The summed E-state index contributed by atoms with van der Waals surface area (Å²) in [5, 5.41) is 11.4. The Morgan fingerprint density at radius 2 is 2.35 bits per heavy atom. The molecule has 0 aromatic carbocycles. The van der Waals surface area contributed by atoms with Gasteiger partial charge >= 0.3 is 12.0 Å². The summed E-state index contributed by atoms with van der Waals surface area (Å²) in [4.78, 5) is 23.3. The van der Waals surface area contributed by atoms with E-state index in [2.05, 4.69) is 11.2 Å². The van der Waals surface area contributed by atoms with Crippen molar-refractivity contribution in [3.8, 4) is 12.3 Å². The zero-order chi connectivity index (χ0) is 12.7. The molecule has 17 heavy (non-hydrogen) atoms. The monoisotopic (exact) mass is 256 g/mol. The van der Waals surface area contributed by atoms with Gasteiger partial charge in [0.15, 0.2) is 0 Å². The van der Waals surface area contributed by atoms with E-state index < -0.39 is 12.0 Å². The molecule has 1 atom stereocenters. The summed E-state index contributed by atoms with van der Waals surface area (Å²) < 4.78 is 0. The van der Waals surface area contributed by atoms with Crippen molar-refractivity contribution in [3.05, 3.63) is 0 Å². The molecule has 0 spiro atoms. The van der Waals surface area contributed by atoms with Crippen LogP contribution in [0.2, 0.25) is 0 Å². The number of carbonyl (C=O) groups is 2. The van der Waals surface area contributed by atoms with Gasteiger partial charge in [0, 0.05) is 6.54 Å². The molecule has 1 unspecified atom stereocenters. The first kappa shape index (κ1) is 13.7. The maximum atomic E-state index is 11.7. The van der Waals surface area contributed by atoms with E-state index in [0.717, 1.165) is 22.8 Å². The molecule has 1 rings (SSSR count). The second-order valence-electron chi connectivity index (χ2n) is 3.87. The number of terminal acetylenes is 1. The van der Waals surface area contributed by atoms with Crippen molar-refractivity contribution in [1.82, 2.24) is 10.2 Å². The van der Waals surface area contributed by atoms with Crippen LogP contribution < -0.4 is 5.32 Å². The molecule has 94 valence electrons. The summed E-state index contributed by atoms with van der Waals surface area (Å²) in [5.41, 5.74) is 0. The number of aliphatic carboxylic acids is 1. The van der Waals surface area contributed by atoms with Gasteiger partial charge in [-0.15, -0.1) is 6.42 Å². The summed E-state index contributed by atoms with van der Waals surface area (Å²) in [5.74, 6) is 3.88. The Kier molecular flexibility index (Phi) is 5.70. The highest BCUT2D eigenvalue weighted by Gasteiger charge is 2.19. The standard InChI is InChI=1S/C11H16N2O3S/c1-2-4-13(7-10(14)15)11(16)12-6-9-3-5-17-8-9/h1,9H,3-8H2,(H,12,16)(H,14,15). The zero-order valence-electron chi connectivity index (χ0n) is 9.52. The molecule has 0 aliphatic carbocycles. The highest BCUT2D eigenvalue weighted by molar-refractivity contribution is 7.99. The molecule has 1 fully saturated rings. The molecule has 5 nitrogen and oxygen atoms in total. The lowest BCUT2D eigenvalue weighted by atomic mass is 10.1. The zero-order valence-corrected chi connectivity index (χ0v) is 10.3. The van der Waals surface area contributed by atoms with Gasteiger partial charge in [-0.2, -0.15) is 11.8 Å². The molecule has 6 heteroatoms. The minimum absolute atomic E-state index is 0.0115. The summed E-state index contributed by atoms with van der Waals surface area (Å²) in [7, 11) is 0. The molecule has 2 amide bonds. The Morgan fingerprint density at radius 3 is 2.88 bits per heavy atom. The van der Waals surface area contributed by atoms with Crippen molar-refractivity contribution in [3.63, 3.8) is 0 Å². The third kappa shape index (κ3) is 5.00. The average molecular weight is 256 g/mol. The largest absolute Gasteiger partial charge is 0.480 e. The molecule has 1 aliphatic rings. The number of hydrogen-bond donors (Lipinski definition) is 2. The van der Waals surface area contributed by atoms with Crippen LogP contribution in [0.5, 0.6) is 0 Å². The SMILES string of the molecule is C#CCN(CC(=O)O)C(=O)NCC1CCSC1. The number of nitrogens with zero attached hydrogens (tertiary/aromatic N) is 1. The van der Waals surface area contributed by atoms with Crippen LogP contribution in [0.4, 0.5) is 4.79 Å². The number of urea groups is 1. The predicted octanol–water partition coefficient (Wildman–Crippen LogP) is 0.469. The summed E-state index contributed by atoms with van der Waals surface area (Å²) in [6.45, 7) is 0.236. The number of carboxylic acid groups (broad SMARTS) is 1. The number of hydrogen-bond acceptors (Lipinski definition) is 3. The van der Waals surface area contributed by atoms with Gasteiger partial charge in [-0.1, -0.05) is 5.92 Å². The van der Waals surface area contributed by atoms with E-state index in [4.69, 9.17) is 11.5 Å². The topological polar surface area (TPSA) is 69.6 Å². The molecule has 1 heterocycles. The third-order valence-electron chi connectivity index (χ3n) is 2.46. The minimum Gasteiger partial charge on any atom is -0.480 e. The van der Waals surface area contributed by atoms with Gasteiger partial charge in [0.25, 0.3) is 0 Å².